The lowest BCUT2D eigenvalue weighted by Crippen LogP contribution is -2.54. The molecule has 4 atom stereocenters. The van der Waals surface area contributed by atoms with Crippen LogP contribution in [-0.2, 0) is 4.74 Å². The number of aliphatic hydroxyl groups is 3. The number of rotatable bonds is 2. The molecule has 6 heteroatoms. The summed E-state index contributed by atoms with van der Waals surface area (Å²) in [6, 6.07) is 6.55. The second-order valence-electron chi connectivity index (χ2n) is 3.94. The summed E-state index contributed by atoms with van der Waals surface area (Å²) >= 11 is 0. The predicted molar refractivity (Wildman–Crippen MR) is 59.2 cm³/mol. The second-order valence-corrected chi connectivity index (χ2v) is 3.94. The molecule has 0 aliphatic carbocycles. The van der Waals surface area contributed by atoms with Crippen LogP contribution < -0.4 is 10.5 Å². The Hall–Kier alpha value is -1.34. The highest BCUT2D eigenvalue weighted by Crippen LogP contribution is 2.21. The van der Waals surface area contributed by atoms with Gasteiger partial charge in [0.2, 0.25) is 6.29 Å². The average molecular weight is 241 g/mol. The minimum atomic E-state index is -1.30. The molecule has 0 bridgehead atoms. The lowest BCUT2D eigenvalue weighted by atomic mass is 10.1. The van der Waals surface area contributed by atoms with Gasteiger partial charge in [-0.05, 0) is 24.3 Å². The third kappa shape index (κ3) is 2.67. The lowest BCUT2D eigenvalue weighted by molar-refractivity contribution is -0.242. The van der Waals surface area contributed by atoms with Gasteiger partial charge >= 0.3 is 0 Å². The molecule has 0 saturated carbocycles. The van der Waals surface area contributed by atoms with Gasteiger partial charge in [-0.25, -0.2) is 0 Å². The Bertz CT molecular complexity index is 369. The molecule has 1 fully saturated rings. The molecule has 6 nitrogen and oxygen atoms in total. The van der Waals surface area contributed by atoms with Crippen LogP contribution in [0.3, 0.4) is 0 Å². The molecule has 2 rings (SSSR count). The second kappa shape index (κ2) is 4.89. The van der Waals surface area contributed by atoms with E-state index < -0.39 is 24.6 Å². The van der Waals surface area contributed by atoms with E-state index in [1.807, 2.05) is 0 Å². The summed E-state index contributed by atoms with van der Waals surface area (Å²) in [7, 11) is 0. The summed E-state index contributed by atoms with van der Waals surface area (Å²) in [5.74, 6) is 0.465. The van der Waals surface area contributed by atoms with Crippen molar-refractivity contribution in [3.05, 3.63) is 24.3 Å². The van der Waals surface area contributed by atoms with Gasteiger partial charge in [-0.2, -0.15) is 0 Å². The minimum Gasteiger partial charge on any atom is -0.462 e. The molecule has 5 N–H and O–H groups in total. The SMILES string of the molecule is Nc1ccc(O[C@@H]2OC[C@H](O)C(O)[C@H]2O)cc1. The first-order valence-electron chi connectivity index (χ1n) is 5.26. The van der Waals surface area contributed by atoms with E-state index in [-0.39, 0.29) is 6.61 Å². The van der Waals surface area contributed by atoms with Crippen LogP contribution in [0, 0.1) is 0 Å². The van der Waals surface area contributed by atoms with Gasteiger partial charge in [-0.1, -0.05) is 0 Å². The van der Waals surface area contributed by atoms with Crippen molar-refractivity contribution in [2.75, 3.05) is 12.3 Å². The van der Waals surface area contributed by atoms with Crippen LogP contribution in [0.15, 0.2) is 24.3 Å². The zero-order valence-corrected chi connectivity index (χ0v) is 9.06. The number of hydrogen-bond donors (Lipinski definition) is 4. The largest absolute Gasteiger partial charge is 0.462 e. The minimum absolute atomic E-state index is 0.0855. The highest BCUT2D eigenvalue weighted by atomic mass is 16.7. The smallest absolute Gasteiger partial charge is 0.228 e. The van der Waals surface area contributed by atoms with E-state index in [9.17, 15) is 15.3 Å². The maximum absolute atomic E-state index is 9.64. The maximum Gasteiger partial charge on any atom is 0.228 e. The number of hydrogen-bond acceptors (Lipinski definition) is 6. The fraction of sp³-hybridized carbons (Fsp3) is 0.455. The number of nitrogen functional groups attached to an aromatic ring is 1. The first-order valence-corrected chi connectivity index (χ1v) is 5.26. The maximum atomic E-state index is 9.64. The van der Waals surface area contributed by atoms with Crippen LogP contribution in [0.5, 0.6) is 5.75 Å². The summed E-state index contributed by atoms with van der Waals surface area (Å²) in [6.07, 6.45) is -4.67. The number of ether oxygens (including phenoxy) is 2. The molecular weight excluding hydrogens is 226 g/mol. The van der Waals surface area contributed by atoms with Crippen molar-refractivity contribution < 1.29 is 24.8 Å². The molecule has 1 saturated heterocycles. The molecule has 0 radical (unpaired) electrons. The van der Waals surface area contributed by atoms with E-state index in [1.165, 1.54) is 0 Å². The third-order valence-corrected chi connectivity index (χ3v) is 2.59. The number of benzene rings is 1. The van der Waals surface area contributed by atoms with Gasteiger partial charge in [0.1, 0.15) is 24.1 Å². The first kappa shape index (κ1) is 12.1. The highest BCUT2D eigenvalue weighted by molar-refractivity contribution is 5.41. The molecule has 1 aliphatic heterocycles. The molecule has 17 heavy (non-hydrogen) atoms. The molecule has 94 valence electrons. The Labute approximate surface area is 98.2 Å². The Morgan fingerprint density at radius 3 is 2.41 bits per heavy atom. The highest BCUT2D eigenvalue weighted by Gasteiger charge is 2.38. The summed E-state index contributed by atoms with van der Waals surface area (Å²) in [5.41, 5.74) is 6.11. The third-order valence-electron chi connectivity index (χ3n) is 2.59. The summed E-state index contributed by atoms with van der Waals surface area (Å²) < 4.78 is 10.4. The number of aliphatic hydroxyl groups excluding tert-OH is 3. The Balaban J connectivity index is 2.01. The average Bonchev–Trinajstić information content (AvgIpc) is 2.33. The van der Waals surface area contributed by atoms with Crippen LogP contribution in [-0.4, -0.2) is 46.5 Å². The van der Waals surface area contributed by atoms with Crippen LogP contribution >= 0.6 is 0 Å². The Morgan fingerprint density at radius 1 is 1.12 bits per heavy atom. The fourth-order valence-corrected chi connectivity index (χ4v) is 1.56. The van der Waals surface area contributed by atoms with Gasteiger partial charge < -0.3 is 30.5 Å². The van der Waals surface area contributed by atoms with Crippen molar-refractivity contribution in [2.45, 2.75) is 24.6 Å². The topological polar surface area (TPSA) is 105 Å². The van der Waals surface area contributed by atoms with E-state index in [4.69, 9.17) is 15.2 Å². The Morgan fingerprint density at radius 2 is 1.76 bits per heavy atom. The molecule has 0 amide bonds. The van der Waals surface area contributed by atoms with Gasteiger partial charge in [0.15, 0.2) is 0 Å². The molecule has 0 aromatic heterocycles. The van der Waals surface area contributed by atoms with E-state index in [1.54, 1.807) is 24.3 Å². The van der Waals surface area contributed by atoms with Crippen molar-refractivity contribution in [3.8, 4) is 5.75 Å². The summed E-state index contributed by atoms with van der Waals surface area (Å²) in [5, 5.41) is 28.4. The van der Waals surface area contributed by atoms with Crippen LogP contribution in [0.1, 0.15) is 0 Å². The number of nitrogens with two attached hydrogens (primary N) is 1. The normalized spacial score (nSPS) is 33.4. The van der Waals surface area contributed by atoms with Crippen molar-refractivity contribution in [1.29, 1.82) is 0 Å². The Kier molecular flexibility index (Phi) is 3.49. The van der Waals surface area contributed by atoms with Crippen LogP contribution in [0.4, 0.5) is 5.69 Å². The standard InChI is InChI=1S/C11H15NO5/c12-6-1-3-7(4-2-6)17-11-10(15)9(14)8(13)5-16-11/h1-4,8-11,13-15H,5,12H2/t8-,9?,10+,11-/m0/s1. The van der Waals surface area contributed by atoms with Crippen molar-refractivity contribution in [3.63, 3.8) is 0 Å². The molecule has 1 heterocycles. The van der Waals surface area contributed by atoms with Crippen LogP contribution in [0.2, 0.25) is 0 Å². The van der Waals surface area contributed by atoms with Gasteiger partial charge in [0.05, 0.1) is 6.61 Å². The molecule has 0 spiro atoms. The van der Waals surface area contributed by atoms with E-state index >= 15 is 0 Å². The zero-order valence-electron chi connectivity index (χ0n) is 9.06. The summed E-state index contributed by atoms with van der Waals surface area (Å²) in [4.78, 5) is 0. The van der Waals surface area contributed by atoms with Crippen molar-refractivity contribution in [2.24, 2.45) is 0 Å². The first-order chi connectivity index (χ1) is 8.08. The number of anilines is 1. The van der Waals surface area contributed by atoms with Gasteiger partial charge in [-0.15, -0.1) is 0 Å². The lowest BCUT2D eigenvalue weighted by Gasteiger charge is -2.34. The van der Waals surface area contributed by atoms with Crippen molar-refractivity contribution >= 4 is 5.69 Å². The van der Waals surface area contributed by atoms with Gasteiger partial charge in [-0.3, -0.25) is 0 Å². The van der Waals surface area contributed by atoms with Gasteiger partial charge in [0, 0.05) is 5.69 Å². The quantitative estimate of drug-likeness (QED) is 0.499. The fourth-order valence-electron chi connectivity index (χ4n) is 1.56. The van der Waals surface area contributed by atoms with E-state index in [0.717, 1.165) is 0 Å². The van der Waals surface area contributed by atoms with Gasteiger partial charge in [0.25, 0.3) is 0 Å². The van der Waals surface area contributed by atoms with E-state index in [2.05, 4.69) is 0 Å². The molecule has 1 aromatic rings. The molecule has 1 aromatic carbocycles. The monoisotopic (exact) mass is 241 g/mol. The molecule has 1 unspecified atom stereocenters. The van der Waals surface area contributed by atoms with Crippen molar-refractivity contribution in [1.82, 2.24) is 0 Å². The molecular formula is C11H15NO5. The molecule has 1 aliphatic rings. The van der Waals surface area contributed by atoms with E-state index in [0.29, 0.717) is 11.4 Å². The predicted octanol–water partition coefficient (Wildman–Crippen LogP) is -0.913. The summed E-state index contributed by atoms with van der Waals surface area (Å²) in [6.45, 7) is -0.0855. The zero-order chi connectivity index (χ0) is 12.4. The van der Waals surface area contributed by atoms with Crippen LogP contribution in [0.25, 0.3) is 0 Å².